The average molecular weight is 180 g/mol. The van der Waals surface area contributed by atoms with Crippen molar-refractivity contribution >= 4 is 0 Å². The Labute approximate surface area is 81.7 Å². The van der Waals surface area contributed by atoms with E-state index in [0.717, 1.165) is 19.5 Å². The molecule has 1 aliphatic rings. The zero-order chi connectivity index (χ0) is 9.84. The summed E-state index contributed by atoms with van der Waals surface area (Å²) in [5, 5.41) is 3.45. The Morgan fingerprint density at radius 1 is 1.62 bits per heavy atom. The summed E-state index contributed by atoms with van der Waals surface area (Å²) in [5.74, 6) is 2.87. The number of rotatable bonds is 2. The lowest BCUT2D eigenvalue weighted by atomic mass is 10.1. The highest BCUT2D eigenvalue weighted by Gasteiger charge is 2.26. The molecule has 3 unspecified atom stereocenters. The van der Waals surface area contributed by atoms with E-state index in [9.17, 15) is 0 Å². The third-order valence-corrected chi connectivity index (χ3v) is 2.79. The molecule has 0 aromatic carbocycles. The lowest BCUT2D eigenvalue weighted by Crippen LogP contribution is -2.57. The third kappa shape index (κ3) is 2.46. The maximum absolute atomic E-state index is 5.51. The molecule has 0 saturated carbocycles. The summed E-state index contributed by atoms with van der Waals surface area (Å²) < 4.78 is 0. The summed E-state index contributed by atoms with van der Waals surface area (Å²) in [4.78, 5) is 2.43. The van der Waals surface area contributed by atoms with E-state index in [2.05, 4.69) is 36.9 Å². The van der Waals surface area contributed by atoms with Crippen LogP contribution in [0.15, 0.2) is 0 Å². The van der Waals surface area contributed by atoms with Gasteiger partial charge in [0, 0.05) is 25.2 Å². The largest absolute Gasteiger partial charge is 0.311 e. The molecule has 1 saturated heterocycles. The Morgan fingerprint density at radius 3 is 2.85 bits per heavy atom. The highest BCUT2D eigenvalue weighted by atomic mass is 15.2. The minimum absolute atomic E-state index is 0.319. The fourth-order valence-corrected chi connectivity index (χ4v) is 1.93. The standard InChI is InChI=1S/C11H20N2/c1-5-11(6-2)13-8-9(3)12-7-10(13)4/h1,9-12H,6-8H2,2-4H3. The van der Waals surface area contributed by atoms with Crippen molar-refractivity contribution in [3.63, 3.8) is 0 Å². The van der Waals surface area contributed by atoms with E-state index in [4.69, 9.17) is 6.42 Å². The van der Waals surface area contributed by atoms with Gasteiger partial charge in [-0.3, -0.25) is 4.90 Å². The van der Waals surface area contributed by atoms with E-state index in [1.54, 1.807) is 0 Å². The fourth-order valence-electron chi connectivity index (χ4n) is 1.93. The van der Waals surface area contributed by atoms with E-state index in [0.29, 0.717) is 18.1 Å². The van der Waals surface area contributed by atoms with E-state index in [1.807, 2.05) is 0 Å². The molecule has 3 atom stereocenters. The van der Waals surface area contributed by atoms with Gasteiger partial charge in [0.2, 0.25) is 0 Å². The van der Waals surface area contributed by atoms with Gasteiger partial charge < -0.3 is 5.32 Å². The minimum Gasteiger partial charge on any atom is -0.311 e. The summed E-state index contributed by atoms with van der Waals surface area (Å²) in [5.41, 5.74) is 0. The molecule has 0 aliphatic carbocycles. The van der Waals surface area contributed by atoms with Crippen LogP contribution in [-0.2, 0) is 0 Å². The molecular weight excluding hydrogens is 160 g/mol. The van der Waals surface area contributed by atoms with Crippen molar-refractivity contribution in [2.45, 2.75) is 45.3 Å². The average Bonchev–Trinajstić information content (AvgIpc) is 2.13. The first-order valence-corrected chi connectivity index (χ1v) is 5.14. The van der Waals surface area contributed by atoms with Crippen molar-refractivity contribution in [3.05, 3.63) is 0 Å². The van der Waals surface area contributed by atoms with Gasteiger partial charge >= 0.3 is 0 Å². The summed E-state index contributed by atoms with van der Waals surface area (Å²) in [6.45, 7) is 8.73. The highest BCUT2D eigenvalue weighted by molar-refractivity contribution is 5.02. The Balaban J connectivity index is 2.60. The van der Waals surface area contributed by atoms with E-state index in [1.165, 1.54) is 0 Å². The molecule has 1 rings (SSSR count). The number of nitrogens with one attached hydrogen (secondary N) is 1. The van der Waals surface area contributed by atoms with Crippen molar-refractivity contribution in [2.75, 3.05) is 13.1 Å². The van der Waals surface area contributed by atoms with Crippen LogP contribution in [0.3, 0.4) is 0 Å². The molecule has 1 fully saturated rings. The van der Waals surface area contributed by atoms with Crippen molar-refractivity contribution in [2.24, 2.45) is 0 Å². The Bertz CT molecular complexity index is 195. The van der Waals surface area contributed by atoms with Crippen LogP contribution in [0.2, 0.25) is 0 Å². The first kappa shape index (κ1) is 10.6. The number of terminal acetylenes is 1. The maximum atomic E-state index is 5.51. The van der Waals surface area contributed by atoms with Crippen molar-refractivity contribution in [1.29, 1.82) is 0 Å². The first-order valence-electron chi connectivity index (χ1n) is 5.14. The Morgan fingerprint density at radius 2 is 2.31 bits per heavy atom. The van der Waals surface area contributed by atoms with Crippen LogP contribution in [0.25, 0.3) is 0 Å². The highest BCUT2D eigenvalue weighted by Crippen LogP contribution is 2.12. The van der Waals surface area contributed by atoms with Crippen LogP contribution in [0.4, 0.5) is 0 Å². The molecular formula is C11H20N2. The Kier molecular flexibility index (Phi) is 3.77. The van der Waals surface area contributed by atoms with Crippen LogP contribution in [0.5, 0.6) is 0 Å². The van der Waals surface area contributed by atoms with Gasteiger partial charge in [-0.1, -0.05) is 12.8 Å². The molecule has 0 bridgehead atoms. The normalized spacial score (nSPS) is 32.5. The minimum atomic E-state index is 0.319. The lowest BCUT2D eigenvalue weighted by Gasteiger charge is -2.40. The lowest BCUT2D eigenvalue weighted by molar-refractivity contribution is 0.118. The summed E-state index contributed by atoms with van der Waals surface area (Å²) in [6.07, 6.45) is 6.56. The second kappa shape index (κ2) is 4.64. The molecule has 1 heterocycles. The van der Waals surface area contributed by atoms with Crippen LogP contribution >= 0.6 is 0 Å². The molecule has 0 radical (unpaired) electrons. The Hall–Kier alpha value is -0.520. The van der Waals surface area contributed by atoms with Gasteiger partial charge in [0.15, 0.2) is 0 Å². The molecule has 2 nitrogen and oxygen atoms in total. The quantitative estimate of drug-likeness (QED) is 0.640. The van der Waals surface area contributed by atoms with Gasteiger partial charge in [-0.2, -0.15) is 0 Å². The molecule has 2 heteroatoms. The second-order valence-corrected chi connectivity index (χ2v) is 3.95. The third-order valence-electron chi connectivity index (χ3n) is 2.79. The molecule has 74 valence electrons. The molecule has 1 aliphatic heterocycles. The van der Waals surface area contributed by atoms with E-state index < -0.39 is 0 Å². The maximum Gasteiger partial charge on any atom is 0.0712 e. The van der Waals surface area contributed by atoms with Crippen LogP contribution in [0.1, 0.15) is 27.2 Å². The first-order chi connectivity index (χ1) is 6.19. The SMILES string of the molecule is C#CC(CC)N1CC(C)NCC1C. The molecule has 13 heavy (non-hydrogen) atoms. The number of piperazine rings is 1. The van der Waals surface area contributed by atoms with Gasteiger partial charge in [-0.05, 0) is 20.3 Å². The summed E-state index contributed by atoms with van der Waals surface area (Å²) >= 11 is 0. The van der Waals surface area contributed by atoms with Gasteiger partial charge in [0.05, 0.1) is 6.04 Å². The molecule has 0 amide bonds. The summed E-state index contributed by atoms with van der Waals surface area (Å²) in [7, 11) is 0. The number of hydrogen-bond acceptors (Lipinski definition) is 2. The molecule has 0 aromatic rings. The fraction of sp³-hybridized carbons (Fsp3) is 0.818. The van der Waals surface area contributed by atoms with Gasteiger partial charge in [0.1, 0.15) is 0 Å². The van der Waals surface area contributed by atoms with Crippen LogP contribution in [-0.4, -0.2) is 36.1 Å². The van der Waals surface area contributed by atoms with Gasteiger partial charge in [-0.15, -0.1) is 6.42 Å². The monoisotopic (exact) mass is 180 g/mol. The van der Waals surface area contributed by atoms with Gasteiger partial charge in [-0.25, -0.2) is 0 Å². The smallest absolute Gasteiger partial charge is 0.0712 e. The van der Waals surface area contributed by atoms with Crippen molar-refractivity contribution in [1.82, 2.24) is 10.2 Å². The second-order valence-electron chi connectivity index (χ2n) is 3.95. The van der Waals surface area contributed by atoms with Gasteiger partial charge in [0.25, 0.3) is 0 Å². The van der Waals surface area contributed by atoms with Crippen molar-refractivity contribution in [3.8, 4) is 12.3 Å². The summed E-state index contributed by atoms with van der Waals surface area (Å²) in [6, 6.07) is 1.45. The zero-order valence-corrected chi connectivity index (χ0v) is 8.88. The predicted molar refractivity (Wildman–Crippen MR) is 56.5 cm³/mol. The van der Waals surface area contributed by atoms with E-state index >= 15 is 0 Å². The molecule has 0 aromatic heterocycles. The topological polar surface area (TPSA) is 15.3 Å². The predicted octanol–water partition coefficient (Wildman–Crippen LogP) is 1.08. The van der Waals surface area contributed by atoms with Crippen molar-refractivity contribution < 1.29 is 0 Å². The van der Waals surface area contributed by atoms with Crippen LogP contribution in [0, 0.1) is 12.3 Å². The molecule has 1 N–H and O–H groups in total. The number of hydrogen-bond donors (Lipinski definition) is 1. The van der Waals surface area contributed by atoms with Crippen LogP contribution < -0.4 is 5.32 Å². The molecule has 0 spiro atoms. The zero-order valence-electron chi connectivity index (χ0n) is 8.88. The number of nitrogens with zero attached hydrogens (tertiary/aromatic N) is 1. The van der Waals surface area contributed by atoms with E-state index in [-0.39, 0.29) is 0 Å².